The minimum Gasteiger partial charge on any atom is -0.508 e. The summed E-state index contributed by atoms with van der Waals surface area (Å²) in [7, 11) is 0. The van der Waals surface area contributed by atoms with Gasteiger partial charge in [0.15, 0.2) is 0 Å². The van der Waals surface area contributed by atoms with Crippen molar-refractivity contribution in [2.24, 2.45) is 11.3 Å². The summed E-state index contributed by atoms with van der Waals surface area (Å²) >= 11 is 0. The molecule has 1 aromatic rings. The van der Waals surface area contributed by atoms with Crippen LogP contribution >= 0.6 is 0 Å². The molecule has 0 heterocycles. The molecule has 0 amide bonds. The highest BCUT2D eigenvalue weighted by molar-refractivity contribution is 5.45. The van der Waals surface area contributed by atoms with Crippen molar-refractivity contribution >= 4 is 0 Å². The zero-order valence-corrected chi connectivity index (χ0v) is 17.0. The van der Waals surface area contributed by atoms with Gasteiger partial charge in [0.25, 0.3) is 0 Å². The van der Waals surface area contributed by atoms with E-state index in [9.17, 15) is 15.3 Å². The normalized spacial score (nSPS) is 15.5. The maximum Gasteiger partial charge on any atom is 0.121 e. The Labute approximate surface area is 153 Å². The molecule has 0 fully saturated rings. The van der Waals surface area contributed by atoms with E-state index in [1.165, 1.54) is 5.57 Å². The van der Waals surface area contributed by atoms with Crippen molar-refractivity contribution in [3.8, 4) is 11.5 Å². The maximum atomic E-state index is 11.1. The zero-order valence-electron chi connectivity index (χ0n) is 17.0. The van der Waals surface area contributed by atoms with Gasteiger partial charge in [0.05, 0.1) is 5.60 Å². The summed E-state index contributed by atoms with van der Waals surface area (Å²) < 4.78 is 0. The molecule has 3 N–H and O–H groups in total. The van der Waals surface area contributed by atoms with Crippen LogP contribution in [0.25, 0.3) is 0 Å². The van der Waals surface area contributed by atoms with E-state index in [-0.39, 0.29) is 16.9 Å². The fourth-order valence-corrected chi connectivity index (χ4v) is 3.12. The summed E-state index contributed by atoms with van der Waals surface area (Å²) in [5.41, 5.74) is 1.53. The number of rotatable bonds is 8. The van der Waals surface area contributed by atoms with Crippen molar-refractivity contribution in [1.82, 2.24) is 0 Å². The van der Waals surface area contributed by atoms with Crippen LogP contribution in [0.5, 0.6) is 11.5 Å². The van der Waals surface area contributed by atoms with Gasteiger partial charge < -0.3 is 15.3 Å². The first kappa shape index (κ1) is 21.6. The molecule has 0 aliphatic heterocycles. The van der Waals surface area contributed by atoms with E-state index < -0.39 is 5.60 Å². The SMILES string of the molecule is C/C(=C\CC(C)(C)C(C)(O)CCc1cc(O)cc(C)c1O)CC(C)C. The lowest BCUT2D eigenvalue weighted by Gasteiger charge is -2.40. The Balaban J connectivity index is 2.82. The van der Waals surface area contributed by atoms with E-state index in [1.54, 1.807) is 19.1 Å². The van der Waals surface area contributed by atoms with Gasteiger partial charge in [-0.15, -0.1) is 0 Å². The van der Waals surface area contributed by atoms with E-state index in [0.717, 1.165) is 12.8 Å². The predicted octanol–water partition coefficient (Wildman–Crippen LogP) is 5.50. The van der Waals surface area contributed by atoms with Gasteiger partial charge in [-0.1, -0.05) is 39.3 Å². The quantitative estimate of drug-likeness (QED) is 0.429. The molecule has 0 bridgehead atoms. The lowest BCUT2D eigenvalue weighted by atomic mass is 9.70. The molecule has 1 atom stereocenters. The van der Waals surface area contributed by atoms with Crippen molar-refractivity contribution in [2.75, 3.05) is 0 Å². The first-order valence-corrected chi connectivity index (χ1v) is 9.25. The Hall–Kier alpha value is -1.48. The molecule has 0 saturated heterocycles. The number of phenols is 2. The predicted molar refractivity (Wildman–Crippen MR) is 105 cm³/mol. The first-order valence-electron chi connectivity index (χ1n) is 9.25. The Kier molecular flexibility index (Phi) is 7.13. The van der Waals surface area contributed by atoms with Crippen LogP contribution in [0.15, 0.2) is 23.8 Å². The second-order valence-corrected chi connectivity index (χ2v) is 8.78. The third kappa shape index (κ3) is 6.07. The summed E-state index contributed by atoms with van der Waals surface area (Å²) in [4.78, 5) is 0. The molecule has 142 valence electrons. The molecule has 1 rings (SSSR count). The zero-order chi connectivity index (χ0) is 19.4. The van der Waals surface area contributed by atoms with Gasteiger partial charge in [0, 0.05) is 0 Å². The van der Waals surface area contributed by atoms with E-state index in [0.29, 0.717) is 29.9 Å². The molecule has 3 nitrogen and oxygen atoms in total. The fraction of sp³-hybridized carbons (Fsp3) is 0.636. The Morgan fingerprint density at radius 2 is 1.76 bits per heavy atom. The lowest BCUT2D eigenvalue weighted by molar-refractivity contribution is -0.0561. The standard InChI is InChI=1S/C22H36O3/c1-15(2)12-16(3)8-10-21(5,6)22(7,25)11-9-18-14-19(23)13-17(4)20(18)24/h8,13-15,23-25H,9-12H2,1-7H3/b16-8+. The second kappa shape index (κ2) is 8.27. The van der Waals surface area contributed by atoms with Crippen LogP contribution in [0.2, 0.25) is 0 Å². The Morgan fingerprint density at radius 3 is 2.32 bits per heavy atom. The van der Waals surface area contributed by atoms with E-state index in [1.807, 2.05) is 6.92 Å². The molecule has 0 aromatic heterocycles. The van der Waals surface area contributed by atoms with Gasteiger partial charge in [-0.05, 0) is 81.0 Å². The molecule has 25 heavy (non-hydrogen) atoms. The molecule has 0 aliphatic rings. The van der Waals surface area contributed by atoms with Gasteiger partial charge in [0.2, 0.25) is 0 Å². The summed E-state index contributed by atoms with van der Waals surface area (Å²) in [6, 6.07) is 3.13. The van der Waals surface area contributed by atoms with Crippen LogP contribution in [-0.4, -0.2) is 20.9 Å². The largest absolute Gasteiger partial charge is 0.508 e. The van der Waals surface area contributed by atoms with Gasteiger partial charge in [-0.3, -0.25) is 0 Å². The lowest BCUT2D eigenvalue weighted by Crippen LogP contribution is -2.42. The summed E-state index contributed by atoms with van der Waals surface area (Å²) in [6.45, 7) is 14.4. The summed E-state index contributed by atoms with van der Waals surface area (Å²) in [6.07, 6.45) is 5.17. The highest BCUT2D eigenvalue weighted by Crippen LogP contribution is 2.39. The highest BCUT2D eigenvalue weighted by Gasteiger charge is 2.38. The number of benzene rings is 1. The second-order valence-electron chi connectivity index (χ2n) is 8.78. The van der Waals surface area contributed by atoms with Crippen LogP contribution in [-0.2, 0) is 6.42 Å². The summed E-state index contributed by atoms with van der Waals surface area (Å²) in [5, 5.41) is 31.0. The fourth-order valence-electron chi connectivity index (χ4n) is 3.12. The number of phenolic OH excluding ortho intramolecular Hbond substituents is 2. The van der Waals surface area contributed by atoms with E-state index in [4.69, 9.17) is 0 Å². The van der Waals surface area contributed by atoms with Crippen molar-refractivity contribution in [2.45, 2.75) is 79.8 Å². The van der Waals surface area contributed by atoms with Gasteiger partial charge in [0.1, 0.15) is 11.5 Å². The van der Waals surface area contributed by atoms with Gasteiger partial charge in [-0.25, -0.2) is 0 Å². The van der Waals surface area contributed by atoms with Crippen LogP contribution < -0.4 is 0 Å². The third-order valence-electron chi connectivity index (χ3n) is 5.39. The minimum atomic E-state index is -0.882. The molecule has 0 aliphatic carbocycles. The smallest absolute Gasteiger partial charge is 0.121 e. The van der Waals surface area contributed by atoms with Crippen LogP contribution in [0.1, 0.15) is 71.9 Å². The topological polar surface area (TPSA) is 60.7 Å². The van der Waals surface area contributed by atoms with Gasteiger partial charge in [-0.2, -0.15) is 0 Å². The number of aryl methyl sites for hydroxylation is 2. The maximum absolute atomic E-state index is 11.1. The molecule has 3 heteroatoms. The Bertz CT molecular complexity index is 610. The van der Waals surface area contributed by atoms with Crippen molar-refractivity contribution in [3.05, 3.63) is 34.9 Å². The third-order valence-corrected chi connectivity index (χ3v) is 5.39. The molecule has 1 unspecified atom stereocenters. The van der Waals surface area contributed by atoms with Crippen LogP contribution in [0, 0.1) is 18.3 Å². The van der Waals surface area contributed by atoms with E-state index in [2.05, 4.69) is 40.7 Å². The number of hydrogen-bond donors (Lipinski definition) is 3. The van der Waals surface area contributed by atoms with Crippen LogP contribution in [0.3, 0.4) is 0 Å². The first-order chi connectivity index (χ1) is 11.4. The van der Waals surface area contributed by atoms with Gasteiger partial charge >= 0.3 is 0 Å². The molecule has 0 radical (unpaired) electrons. The van der Waals surface area contributed by atoms with Crippen molar-refractivity contribution in [1.29, 1.82) is 0 Å². The van der Waals surface area contributed by atoms with Crippen LogP contribution in [0.4, 0.5) is 0 Å². The number of allylic oxidation sites excluding steroid dienone is 2. The molecular weight excluding hydrogens is 312 g/mol. The minimum absolute atomic E-state index is 0.149. The highest BCUT2D eigenvalue weighted by atomic mass is 16.3. The molecule has 0 saturated carbocycles. The van der Waals surface area contributed by atoms with E-state index >= 15 is 0 Å². The molecule has 1 aromatic carbocycles. The monoisotopic (exact) mass is 348 g/mol. The average Bonchev–Trinajstić information content (AvgIpc) is 2.46. The number of hydrogen-bond acceptors (Lipinski definition) is 3. The van der Waals surface area contributed by atoms with Crippen molar-refractivity contribution in [3.63, 3.8) is 0 Å². The molecular formula is C22H36O3. The molecule has 0 spiro atoms. The Morgan fingerprint density at radius 1 is 1.16 bits per heavy atom. The summed E-state index contributed by atoms with van der Waals surface area (Å²) in [5.74, 6) is 0.993. The van der Waals surface area contributed by atoms with Crippen molar-refractivity contribution < 1.29 is 15.3 Å². The number of aliphatic hydroxyl groups is 1. The number of aromatic hydroxyl groups is 2. The average molecular weight is 349 g/mol.